The van der Waals surface area contributed by atoms with Gasteiger partial charge in [0.15, 0.2) is 6.10 Å². The van der Waals surface area contributed by atoms with Crippen LogP contribution in [0.5, 0.6) is 0 Å². The van der Waals surface area contributed by atoms with E-state index in [4.69, 9.17) is 10.2 Å². The number of carboxylic acid groups (broad SMARTS) is 1. The molecule has 2 N–H and O–H groups in total. The van der Waals surface area contributed by atoms with Gasteiger partial charge in [-0.3, -0.25) is 0 Å². The number of benzene rings is 1. The molecular formula is C11H10O4. The first kappa shape index (κ1) is 11.2. The van der Waals surface area contributed by atoms with Gasteiger partial charge < -0.3 is 10.2 Å². The lowest BCUT2D eigenvalue weighted by molar-refractivity contribution is -0.146. The maximum atomic E-state index is 10.6. The first-order valence-corrected chi connectivity index (χ1v) is 4.35. The first-order chi connectivity index (χ1) is 7.15. The summed E-state index contributed by atoms with van der Waals surface area (Å²) in [4.78, 5) is 21.0. The van der Waals surface area contributed by atoms with Gasteiger partial charge in [-0.1, -0.05) is 30.3 Å². The second kappa shape index (κ2) is 5.10. The Hall–Kier alpha value is -1.90. The molecule has 78 valence electrons. The topological polar surface area (TPSA) is 74.6 Å². The Balaban J connectivity index is 2.84. The largest absolute Gasteiger partial charge is 0.479 e. The minimum Gasteiger partial charge on any atom is -0.479 e. The molecule has 0 bridgehead atoms. The van der Waals surface area contributed by atoms with E-state index in [-0.39, 0.29) is 12.0 Å². The number of aliphatic carboxylic acids is 1. The summed E-state index contributed by atoms with van der Waals surface area (Å²) in [6, 6.07) is 8.54. The minimum atomic E-state index is -1.57. The number of carboxylic acids is 1. The molecule has 1 rings (SSSR count). The summed E-state index contributed by atoms with van der Waals surface area (Å²) in [6.45, 7) is 0. The molecular weight excluding hydrogens is 196 g/mol. The first-order valence-electron chi connectivity index (χ1n) is 4.35. The van der Waals surface area contributed by atoms with Crippen molar-refractivity contribution in [3.05, 3.63) is 35.9 Å². The Morgan fingerprint density at radius 3 is 2.40 bits per heavy atom. The van der Waals surface area contributed by atoms with Crippen LogP contribution in [0.3, 0.4) is 0 Å². The molecule has 0 aliphatic carbocycles. The Labute approximate surface area is 86.5 Å². The van der Waals surface area contributed by atoms with Crippen LogP contribution in [-0.2, 0) is 9.59 Å². The SMILES string of the molecule is O=C=C(CC(O)C(=O)O)c1ccccc1. The van der Waals surface area contributed by atoms with Gasteiger partial charge in [-0.2, -0.15) is 0 Å². The summed E-state index contributed by atoms with van der Waals surface area (Å²) >= 11 is 0. The zero-order valence-corrected chi connectivity index (χ0v) is 7.88. The van der Waals surface area contributed by atoms with Gasteiger partial charge in [0, 0.05) is 12.0 Å². The molecule has 1 unspecified atom stereocenters. The Morgan fingerprint density at radius 2 is 1.93 bits per heavy atom. The van der Waals surface area contributed by atoms with E-state index in [0.29, 0.717) is 5.56 Å². The molecule has 0 fully saturated rings. The summed E-state index contributed by atoms with van der Waals surface area (Å²) in [7, 11) is 0. The van der Waals surface area contributed by atoms with Crippen LogP contribution < -0.4 is 0 Å². The molecule has 0 spiro atoms. The van der Waals surface area contributed by atoms with Gasteiger partial charge in [-0.25, -0.2) is 9.59 Å². The minimum absolute atomic E-state index is 0.158. The van der Waals surface area contributed by atoms with Crippen molar-refractivity contribution >= 4 is 17.5 Å². The number of carbonyl (C=O) groups is 1. The van der Waals surface area contributed by atoms with Crippen LogP contribution in [0.25, 0.3) is 5.57 Å². The average Bonchev–Trinajstić information content (AvgIpc) is 2.26. The monoisotopic (exact) mass is 206 g/mol. The number of rotatable bonds is 4. The van der Waals surface area contributed by atoms with E-state index in [1.54, 1.807) is 36.3 Å². The zero-order valence-electron chi connectivity index (χ0n) is 7.88. The molecule has 4 nitrogen and oxygen atoms in total. The van der Waals surface area contributed by atoms with Crippen molar-refractivity contribution in [1.29, 1.82) is 0 Å². The summed E-state index contributed by atoms with van der Waals surface area (Å²) in [5.41, 5.74) is 0.735. The van der Waals surface area contributed by atoms with E-state index in [0.717, 1.165) is 0 Å². The summed E-state index contributed by atoms with van der Waals surface area (Å²) in [5.74, 6) is 0.299. The predicted molar refractivity (Wildman–Crippen MR) is 53.8 cm³/mol. The fraction of sp³-hybridized carbons (Fsp3) is 0.182. The lowest BCUT2D eigenvalue weighted by atomic mass is 10.0. The van der Waals surface area contributed by atoms with E-state index >= 15 is 0 Å². The van der Waals surface area contributed by atoms with Crippen molar-refractivity contribution in [2.24, 2.45) is 0 Å². The highest BCUT2D eigenvalue weighted by molar-refractivity contribution is 5.89. The Bertz CT molecular complexity index is 390. The van der Waals surface area contributed by atoms with E-state index < -0.39 is 12.1 Å². The van der Waals surface area contributed by atoms with E-state index in [2.05, 4.69) is 0 Å². The van der Waals surface area contributed by atoms with Crippen molar-refractivity contribution in [2.75, 3.05) is 0 Å². The summed E-state index contributed by atoms with van der Waals surface area (Å²) in [5, 5.41) is 17.6. The van der Waals surface area contributed by atoms with E-state index in [9.17, 15) is 9.59 Å². The molecule has 0 aliphatic heterocycles. The molecule has 0 aromatic heterocycles. The van der Waals surface area contributed by atoms with Gasteiger partial charge in [-0.05, 0) is 5.56 Å². The summed E-state index contributed by atoms with van der Waals surface area (Å²) < 4.78 is 0. The molecule has 1 aromatic carbocycles. The van der Waals surface area contributed by atoms with Gasteiger partial charge in [0.2, 0.25) is 0 Å². The standard InChI is InChI=1S/C11H10O4/c12-7-9(6-10(13)11(14)15)8-4-2-1-3-5-8/h1-5,10,13H,6H2,(H,14,15). The van der Waals surface area contributed by atoms with Gasteiger partial charge in [-0.15, -0.1) is 0 Å². The maximum absolute atomic E-state index is 10.6. The van der Waals surface area contributed by atoms with E-state index in [1.165, 1.54) is 0 Å². The second-order valence-corrected chi connectivity index (χ2v) is 3.00. The van der Waals surface area contributed by atoms with Gasteiger partial charge >= 0.3 is 5.97 Å². The second-order valence-electron chi connectivity index (χ2n) is 3.00. The number of hydrogen-bond donors (Lipinski definition) is 2. The highest BCUT2D eigenvalue weighted by atomic mass is 16.4. The summed E-state index contributed by atoms with van der Waals surface area (Å²) in [6.07, 6.45) is -1.80. The van der Waals surface area contributed by atoms with Gasteiger partial charge in [0.25, 0.3) is 0 Å². The molecule has 0 saturated carbocycles. The van der Waals surface area contributed by atoms with Crippen molar-refractivity contribution < 1.29 is 19.8 Å². The average molecular weight is 206 g/mol. The highest BCUT2D eigenvalue weighted by Crippen LogP contribution is 2.16. The van der Waals surface area contributed by atoms with Crippen LogP contribution in [0, 0.1) is 0 Å². The molecule has 0 saturated heterocycles. The lowest BCUT2D eigenvalue weighted by Gasteiger charge is -2.06. The zero-order chi connectivity index (χ0) is 11.3. The van der Waals surface area contributed by atoms with Crippen molar-refractivity contribution in [3.63, 3.8) is 0 Å². The fourth-order valence-electron chi connectivity index (χ4n) is 1.14. The molecule has 0 radical (unpaired) electrons. The number of aliphatic hydroxyl groups is 1. The maximum Gasteiger partial charge on any atom is 0.332 e. The van der Waals surface area contributed by atoms with E-state index in [1.807, 2.05) is 0 Å². The Morgan fingerprint density at radius 1 is 1.33 bits per heavy atom. The number of carbonyl (C=O) groups excluding carboxylic acids is 1. The molecule has 0 heterocycles. The number of hydrogen-bond acceptors (Lipinski definition) is 3. The lowest BCUT2D eigenvalue weighted by Crippen LogP contribution is -2.19. The van der Waals surface area contributed by atoms with Crippen LogP contribution in [0.15, 0.2) is 30.3 Å². The predicted octanol–water partition coefficient (Wildman–Crippen LogP) is 0.737. The third-order valence-electron chi connectivity index (χ3n) is 1.93. The fourth-order valence-corrected chi connectivity index (χ4v) is 1.14. The highest BCUT2D eigenvalue weighted by Gasteiger charge is 2.16. The van der Waals surface area contributed by atoms with Crippen molar-refractivity contribution in [3.8, 4) is 0 Å². The van der Waals surface area contributed by atoms with Gasteiger partial charge in [0.05, 0.1) is 0 Å². The Kier molecular flexibility index (Phi) is 3.80. The van der Waals surface area contributed by atoms with Crippen LogP contribution in [0.1, 0.15) is 12.0 Å². The molecule has 0 aliphatic rings. The normalized spacial score (nSPS) is 11.5. The number of aliphatic hydroxyl groups excluding tert-OH is 1. The van der Waals surface area contributed by atoms with Gasteiger partial charge in [0.1, 0.15) is 5.94 Å². The van der Waals surface area contributed by atoms with Crippen LogP contribution in [0.4, 0.5) is 0 Å². The molecule has 1 atom stereocenters. The molecule has 15 heavy (non-hydrogen) atoms. The third kappa shape index (κ3) is 3.06. The quantitative estimate of drug-likeness (QED) is 0.712. The van der Waals surface area contributed by atoms with Crippen molar-refractivity contribution in [2.45, 2.75) is 12.5 Å². The smallest absolute Gasteiger partial charge is 0.332 e. The van der Waals surface area contributed by atoms with Crippen LogP contribution >= 0.6 is 0 Å². The molecule has 1 aromatic rings. The molecule has 4 heteroatoms. The third-order valence-corrected chi connectivity index (χ3v) is 1.93. The van der Waals surface area contributed by atoms with Crippen LogP contribution in [0.2, 0.25) is 0 Å². The van der Waals surface area contributed by atoms with Crippen LogP contribution in [-0.4, -0.2) is 28.2 Å². The van der Waals surface area contributed by atoms with Crippen molar-refractivity contribution in [1.82, 2.24) is 0 Å². The molecule has 0 amide bonds.